The average Bonchev–Trinajstić information content (AvgIpc) is 2.42. The van der Waals surface area contributed by atoms with Crippen molar-refractivity contribution in [3.05, 3.63) is 35.4 Å². The van der Waals surface area contributed by atoms with Gasteiger partial charge in [0, 0.05) is 24.9 Å². The summed E-state index contributed by atoms with van der Waals surface area (Å²) in [6, 6.07) is 1.96. The molecule has 0 saturated heterocycles. The second-order valence-corrected chi connectivity index (χ2v) is 5.74. The molecule has 0 radical (unpaired) electrons. The number of ether oxygens (including phenoxy) is 1. The summed E-state index contributed by atoms with van der Waals surface area (Å²) in [5.41, 5.74) is -0.580. The lowest BCUT2D eigenvalue weighted by Crippen LogP contribution is -2.43. The number of allylic oxidation sites excluding steroid dienone is 1. The highest BCUT2D eigenvalue weighted by Crippen LogP contribution is 2.43. The number of carbonyl (C=O) groups is 1. The van der Waals surface area contributed by atoms with E-state index in [1.165, 1.54) is 0 Å². The van der Waals surface area contributed by atoms with Crippen LogP contribution in [0.3, 0.4) is 0 Å². The van der Waals surface area contributed by atoms with Gasteiger partial charge >= 0.3 is 0 Å². The number of ketones is 1. The maximum atomic E-state index is 12.2. The summed E-state index contributed by atoms with van der Waals surface area (Å²) in [4.78, 5) is 20.8. The Bertz CT molecular complexity index is 611. The van der Waals surface area contributed by atoms with Crippen molar-refractivity contribution in [3.63, 3.8) is 0 Å². The van der Waals surface area contributed by atoms with E-state index < -0.39 is 11.0 Å². The zero-order valence-electron chi connectivity index (χ0n) is 12.1. The minimum atomic E-state index is -0.934. The fraction of sp³-hybridized carbons (Fsp3) is 0.467. The molecule has 1 heterocycles. The first-order valence-electron chi connectivity index (χ1n) is 6.37. The lowest BCUT2D eigenvalue weighted by molar-refractivity contribution is -0.129. The predicted molar refractivity (Wildman–Crippen MR) is 72.6 cm³/mol. The SMILES string of the molecule is COC1(c2ncc(C)cn2)C=C(C#N)C(=O)C(C)(C)C1. The molecule has 0 saturated carbocycles. The molecule has 104 valence electrons. The van der Waals surface area contributed by atoms with Gasteiger partial charge in [-0.3, -0.25) is 4.79 Å². The van der Waals surface area contributed by atoms with E-state index in [1.807, 2.05) is 26.8 Å². The molecule has 1 unspecified atom stereocenters. The minimum absolute atomic E-state index is 0.104. The van der Waals surface area contributed by atoms with Crippen LogP contribution in [0.1, 0.15) is 31.7 Å². The highest BCUT2D eigenvalue weighted by Gasteiger charge is 2.48. The molecule has 0 N–H and O–H groups in total. The Kier molecular flexibility index (Phi) is 3.45. The second-order valence-electron chi connectivity index (χ2n) is 5.74. The number of hydrogen-bond donors (Lipinski definition) is 0. The Morgan fingerprint density at radius 1 is 1.35 bits per heavy atom. The number of nitrogens with zero attached hydrogens (tertiary/aromatic N) is 3. The summed E-state index contributed by atoms with van der Waals surface area (Å²) < 4.78 is 5.62. The number of aromatic nitrogens is 2. The van der Waals surface area contributed by atoms with Crippen LogP contribution in [0.15, 0.2) is 24.0 Å². The number of Topliss-reactive ketones (excluding diaryl/α,β-unsaturated/α-hetero) is 1. The number of nitriles is 1. The van der Waals surface area contributed by atoms with Crippen LogP contribution in [0, 0.1) is 23.7 Å². The third-order valence-electron chi connectivity index (χ3n) is 3.59. The molecule has 0 fully saturated rings. The normalized spacial score (nSPS) is 24.9. The van der Waals surface area contributed by atoms with Crippen LogP contribution in [0.5, 0.6) is 0 Å². The quantitative estimate of drug-likeness (QED) is 0.823. The summed E-state index contributed by atoms with van der Waals surface area (Å²) in [6.45, 7) is 5.51. The molecule has 1 atom stereocenters. The molecule has 1 aromatic rings. The first kappa shape index (κ1) is 14.4. The first-order valence-corrected chi connectivity index (χ1v) is 6.37. The molecule has 20 heavy (non-hydrogen) atoms. The van der Waals surface area contributed by atoms with Gasteiger partial charge in [0.15, 0.2) is 11.6 Å². The van der Waals surface area contributed by atoms with Crippen LogP contribution in [-0.4, -0.2) is 22.9 Å². The number of methoxy groups -OCH3 is 1. The van der Waals surface area contributed by atoms with Crippen LogP contribution in [0.2, 0.25) is 0 Å². The molecule has 1 aliphatic rings. The summed E-state index contributed by atoms with van der Waals surface area (Å²) in [5.74, 6) is 0.304. The van der Waals surface area contributed by atoms with Crippen LogP contribution >= 0.6 is 0 Å². The third-order valence-corrected chi connectivity index (χ3v) is 3.59. The maximum Gasteiger partial charge on any atom is 0.178 e. The van der Waals surface area contributed by atoms with Crippen molar-refractivity contribution >= 4 is 5.78 Å². The van der Waals surface area contributed by atoms with Gasteiger partial charge in [0.25, 0.3) is 0 Å². The predicted octanol–water partition coefficient (Wildman–Crippen LogP) is 2.08. The Labute approximate surface area is 118 Å². The van der Waals surface area contributed by atoms with Crippen LogP contribution in [-0.2, 0) is 15.1 Å². The molecular weight excluding hydrogens is 254 g/mol. The van der Waals surface area contributed by atoms with Gasteiger partial charge < -0.3 is 4.74 Å². The molecule has 0 aromatic carbocycles. The van der Waals surface area contributed by atoms with Crippen molar-refractivity contribution in [1.29, 1.82) is 5.26 Å². The van der Waals surface area contributed by atoms with Crippen LogP contribution in [0.25, 0.3) is 0 Å². The summed E-state index contributed by atoms with van der Waals surface area (Å²) >= 11 is 0. The van der Waals surface area contributed by atoms with Crippen molar-refractivity contribution in [2.45, 2.75) is 32.8 Å². The van der Waals surface area contributed by atoms with Crippen LogP contribution < -0.4 is 0 Å². The molecular formula is C15H17N3O2. The van der Waals surface area contributed by atoms with Gasteiger partial charge in [-0.1, -0.05) is 13.8 Å². The van der Waals surface area contributed by atoms with Crippen LogP contribution in [0.4, 0.5) is 0 Å². The molecule has 5 nitrogen and oxygen atoms in total. The smallest absolute Gasteiger partial charge is 0.178 e. The van der Waals surface area contributed by atoms with E-state index in [9.17, 15) is 10.1 Å². The highest BCUT2D eigenvalue weighted by atomic mass is 16.5. The standard InChI is InChI=1S/C15H17N3O2/c1-10-7-17-13(18-8-10)15(20-4)5-11(6-16)12(19)14(2,3)9-15/h5,7-8H,9H2,1-4H3. The lowest BCUT2D eigenvalue weighted by Gasteiger charge is -2.38. The van der Waals surface area contributed by atoms with Gasteiger partial charge in [-0.15, -0.1) is 0 Å². The van der Waals surface area contributed by atoms with Gasteiger partial charge in [-0.25, -0.2) is 9.97 Å². The fourth-order valence-electron chi connectivity index (χ4n) is 2.51. The van der Waals surface area contributed by atoms with E-state index in [0.29, 0.717) is 12.2 Å². The van der Waals surface area contributed by atoms with E-state index in [0.717, 1.165) is 5.56 Å². The van der Waals surface area contributed by atoms with Crippen molar-refractivity contribution in [2.24, 2.45) is 5.41 Å². The van der Waals surface area contributed by atoms with E-state index in [-0.39, 0.29) is 11.4 Å². The summed E-state index contributed by atoms with van der Waals surface area (Å²) in [6.07, 6.45) is 5.35. The maximum absolute atomic E-state index is 12.2. The van der Waals surface area contributed by atoms with Crippen molar-refractivity contribution in [3.8, 4) is 6.07 Å². The Morgan fingerprint density at radius 2 is 1.95 bits per heavy atom. The molecule has 0 spiro atoms. The molecule has 0 amide bonds. The van der Waals surface area contributed by atoms with E-state index in [4.69, 9.17) is 4.74 Å². The minimum Gasteiger partial charge on any atom is -0.366 e. The Hall–Kier alpha value is -2.06. The molecule has 5 heteroatoms. The van der Waals surface area contributed by atoms with Gasteiger partial charge in [0.2, 0.25) is 0 Å². The molecule has 1 aromatic heterocycles. The summed E-state index contributed by atoms with van der Waals surface area (Å²) in [5, 5.41) is 9.18. The van der Waals surface area contributed by atoms with Crippen molar-refractivity contribution in [1.82, 2.24) is 9.97 Å². The van der Waals surface area contributed by atoms with Gasteiger partial charge in [-0.2, -0.15) is 5.26 Å². The first-order chi connectivity index (χ1) is 9.34. The van der Waals surface area contributed by atoms with E-state index in [1.54, 1.807) is 25.6 Å². The monoisotopic (exact) mass is 271 g/mol. The second kappa shape index (κ2) is 4.80. The average molecular weight is 271 g/mol. The van der Waals surface area contributed by atoms with Gasteiger partial charge in [0.1, 0.15) is 11.7 Å². The number of carbonyl (C=O) groups excluding carboxylic acids is 1. The Balaban J connectivity index is 2.61. The summed E-state index contributed by atoms with van der Waals surface area (Å²) in [7, 11) is 1.54. The molecule has 0 bridgehead atoms. The largest absolute Gasteiger partial charge is 0.366 e. The van der Waals surface area contributed by atoms with E-state index in [2.05, 4.69) is 9.97 Å². The van der Waals surface area contributed by atoms with Crippen molar-refractivity contribution in [2.75, 3.05) is 7.11 Å². The van der Waals surface area contributed by atoms with E-state index >= 15 is 0 Å². The van der Waals surface area contributed by atoms with Crippen molar-refractivity contribution < 1.29 is 9.53 Å². The van der Waals surface area contributed by atoms with Gasteiger partial charge in [0.05, 0.1) is 5.57 Å². The molecule has 0 aliphatic heterocycles. The lowest BCUT2D eigenvalue weighted by atomic mass is 9.69. The Morgan fingerprint density at radius 3 is 2.45 bits per heavy atom. The highest BCUT2D eigenvalue weighted by molar-refractivity contribution is 6.03. The molecule has 1 aliphatic carbocycles. The zero-order chi connectivity index (χ0) is 15.0. The zero-order valence-corrected chi connectivity index (χ0v) is 12.1. The number of aryl methyl sites for hydroxylation is 1. The third kappa shape index (κ3) is 2.23. The van der Waals surface area contributed by atoms with Gasteiger partial charge in [-0.05, 0) is 25.0 Å². The molecule has 2 rings (SSSR count). The fourth-order valence-corrected chi connectivity index (χ4v) is 2.51. The number of hydrogen-bond acceptors (Lipinski definition) is 5. The topological polar surface area (TPSA) is 75.9 Å². The number of rotatable bonds is 2.